The number of nitrogens with zero attached hydrogens (tertiary/aromatic N) is 3. The smallest absolute Gasteiger partial charge is 0.171 e. The van der Waals surface area contributed by atoms with Crippen LogP contribution in [0.4, 0.5) is 5.69 Å². The van der Waals surface area contributed by atoms with Crippen molar-refractivity contribution in [2.45, 2.75) is 26.2 Å². The number of hydrogen-bond donors (Lipinski definition) is 0. The van der Waals surface area contributed by atoms with Gasteiger partial charge in [0.2, 0.25) is 0 Å². The van der Waals surface area contributed by atoms with Crippen LogP contribution in [-0.4, -0.2) is 28.8 Å². The maximum absolute atomic E-state index is 10.8. The molecular weight excluding hydrogens is 190 g/mol. The van der Waals surface area contributed by atoms with Crippen molar-refractivity contribution in [2.24, 2.45) is 0 Å². The summed E-state index contributed by atoms with van der Waals surface area (Å²) in [6.07, 6.45) is 3.58. The molecule has 0 spiro atoms. The highest BCUT2D eigenvalue weighted by Gasteiger charge is 2.25. The number of aromatic nitrogens is 2. The SMILES string of the molecule is CC(C)(C)c1ncc(N2CC(=O)C2)cn1. The van der Waals surface area contributed by atoms with E-state index in [9.17, 15) is 4.79 Å². The molecule has 0 atom stereocenters. The minimum absolute atomic E-state index is 0.0245. The third-order valence-corrected chi connectivity index (χ3v) is 2.41. The molecule has 1 aliphatic rings. The molecule has 0 radical (unpaired) electrons. The van der Waals surface area contributed by atoms with E-state index in [1.807, 2.05) is 4.90 Å². The molecule has 1 aromatic heterocycles. The second kappa shape index (κ2) is 3.29. The van der Waals surface area contributed by atoms with Gasteiger partial charge in [-0.25, -0.2) is 9.97 Å². The zero-order valence-electron chi connectivity index (χ0n) is 9.32. The summed E-state index contributed by atoms with van der Waals surface area (Å²) in [5, 5.41) is 0. The van der Waals surface area contributed by atoms with Gasteiger partial charge < -0.3 is 4.90 Å². The molecule has 2 heterocycles. The predicted molar refractivity (Wildman–Crippen MR) is 58.0 cm³/mol. The van der Waals surface area contributed by atoms with Crippen molar-refractivity contribution in [1.29, 1.82) is 0 Å². The van der Waals surface area contributed by atoms with Gasteiger partial charge in [-0.3, -0.25) is 4.79 Å². The molecule has 1 saturated heterocycles. The van der Waals surface area contributed by atoms with Crippen LogP contribution in [0.1, 0.15) is 26.6 Å². The maximum Gasteiger partial charge on any atom is 0.171 e. The topological polar surface area (TPSA) is 46.1 Å². The summed E-state index contributed by atoms with van der Waals surface area (Å²) in [4.78, 5) is 21.4. The van der Waals surface area contributed by atoms with Crippen molar-refractivity contribution in [3.63, 3.8) is 0 Å². The highest BCUT2D eigenvalue weighted by molar-refractivity contribution is 5.95. The van der Waals surface area contributed by atoms with E-state index in [0.717, 1.165) is 11.5 Å². The van der Waals surface area contributed by atoms with Crippen molar-refractivity contribution >= 4 is 11.5 Å². The zero-order chi connectivity index (χ0) is 11.1. The number of ketones is 1. The molecule has 80 valence electrons. The van der Waals surface area contributed by atoms with Crippen molar-refractivity contribution in [2.75, 3.05) is 18.0 Å². The predicted octanol–water partition coefficient (Wildman–Crippen LogP) is 1.16. The van der Waals surface area contributed by atoms with E-state index in [1.54, 1.807) is 12.4 Å². The first-order valence-corrected chi connectivity index (χ1v) is 5.06. The van der Waals surface area contributed by atoms with E-state index in [-0.39, 0.29) is 11.2 Å². The first kappa shape index (κ1) is 10.1. The Morgan fingerprint density at radius 2 is 1.73 bits per heavy atom. The fourth-order valence-corrected chi connectivity index (χ4v) is 1.43. The summed E-state index contributed by atoms with van der Waals surface area (Å²) < 4.78 is 0. The first-order chi connectivity index (χ1) is 6.97. The van der Waals surface area contributed by atoms with Gasteiger partial charge in [0, 0.05) is 5.41 Å². The van der Waals surface area contributed by atoms with E-state index in [4.69, 9.17) is 0 Å². The van der Waals surface area contributed by atoms with Crippen LogP contribution in [0.2, 0.25) is 0 Å². The fraction of sp³-hybridized carbons (Fsp3) is 0.545. The van der Waals surface area contributed by atoms with E-state index >= 15 is 0 Å². The third-order valence-electron chi connectivity index (χ3n) is 2.41. The van der Waals surface area contributed by atoms with Gasteiger partial charge in [0.05, 0.1) is 31.2 Å². The highest BCUT2D eigenvalue weighted by Crippen LogP contribution is 2.21. The van der Waals surface area contributed by atoms with Gasteiger partial charge in [-0.05, 0) is 0 Å². The maximum atomic E-state index is 10.8. The van der Waals surface area contributed by atoms with Crippen LogP contribution in [0.5, 0.6) is 0 Å². The monoisotopic (exact) mass is 205 g/mol. The van der Waals surface area contributed by atoms with Gasteiger partial charge in [-0.15, -0.1) is 0 Å². The number of Topliss-reactive ketones (excluding diaryl/α,β-unsaturated/α-hetero) is 1. The quantitative estimate of drug-likeness (QED) is 0.690. The lowest BCUT2D eigenvalue weighted by atomic mass is 9.96. The molecule has 4 heteroatoms. The summed E-state index contributed by atoms with van der Waals surface area (Å²) in [5.74, 6) is 1.10. The molecule has 1 aliphatic heterocycles. The Bertz CT molecular complexity index is 370. The van der Waals surface area contributed by atoms with Gasteiger partial charge in [0.1, 0.15) is 5.82 Å². The molecule has 15 heavy (non-hydrogen) atoms. The number of carbonyl (C=O) groups excluding carboxylic acids is 1. The van der Waals surface area contributed by atoms with E-state index in [1.165, 1.54) is 0 Å². The van der Waals surface area contributed by atoms with E-state index in [2.05, 4.69) is 30.7 Å². The van der Waals surface area contributed by atoms with Crippen LogP contribution >= 0.6 is 0 Å². The molecule has 1 fully saturated rings. The average molecular weight is 205 g/mol. The van der Waals surface area contributed by atoms with E-state index in [0.29, 0.717) is 13.1 Å². The van der Waals surface area contributed by atoms with Gasteiger partial charge in [-0.2, -0.15) is 0 Å². The van der Waals surface area contributed by atoms with Crippen molar-refractivity contribution in [3.8, 4) is 0 Å². The largest absolute Gasteiger partial charge is 0.354 e. The lowest BCUT2D eigenvalue weighted by Crippen LogP contribution is -2.47. The number of hydrogen-bond acceptors (Lipinski definition) is 4. The summed E-state index contributed by atoms with van der Waals surface area (Å²) in [6.45, 7) is 7.23. The minimum atomic E-state index is -0.0245. The lowest BCUT2D eigenvalue weighted by molar-refractivity contribution is -0.119. The van der Waals surface area contributed by atoms with Crippen LogP contribution in [0.15, 0.2) is 12.4 Å². The Kier molecular flexibility index (Phi) is 2.21. The third kappa shape index (κ3) is 1.98. The Balaban J connectivity index is 2.14. The molecule has 0 amide bonds. The van der Waals surface area contributed by atoms with Crippen LogP contribution in [0, 0.1) is 0 Å². The van der Waals surface area contributed by atoms with Crippen LogP contribution < -0.4 is 4.90 Å². The summed E-state index contributed by atoms with van der Waals surface area (Å²) in [6, 6.07) is 0. The minimum Gasteiger partial charge on any atom is -0.354 e. The average Bonchev–Trinajstić information content (AvgIpc) is 2.12. The molecule has 0 unspecified atom stereocenters. The Morgan fingerprint density at radius 1 is 1.20 bits per heavy atom. The molecule has 4 nitrogen and oxygen atoms in total. The number of carbonyl (C=O) groups is 1. The van der Waals surface area contributed by atoms with Crippen molar-refractivity contribution in [1.82, 2.24) is 9.97 Å². The standard InChI is InChI=1S/C11H15N3O/c1-11(2,3)10-12-4-8(5-13-10)14-6-9(15)7-14/h4-5H,6-7H2,1-3H3. The molecule has 0 N–H and O–H groups in total. The van der Waals surface area contributed by atoms with Gasteiger partial charge in [-0.1, -0.05) is 20.8 Å². The Labute approximate surface area is 89.3 Å². The van der Waals surface area contributed by atoms with Crippen molar-refractivity contribution < 1.29 is 4.79 Å². The molecule has 1 aromatic rings. The van der Waals surface area contributed by atoms with Crippen molar-refractivity contribution in [3.05, 3.63) is 18.2 Å². The number of anilines is 1. The van der Waals surface area contributed by atoms with Crippen LogP contribution in [0.3, 0.4) is 0 Å². The molecule has 0 aromatic carbocycles. The number of rotatable bonds is 1. The lowest BCUT2D eigenvalue weighted by Gasteiger charge is -2.31. The summed E-state index contributed by atoms with van der Waals surface area (Å²) in [5.41, 5.74) is 0.908. The van der Waals surface area contributed by atoms with Gasteiger partial charge in [0.15, 0.2) is 5.78 Å². The Morgan fingerprint density at radius 3 is 2.13 bits per heavy atom. The van der Waals surface area contributed by atoms with Gasteiger partial charge >= 0.3 is 0 Å². The fourth-order valence-electron chi connectivity index (χ4n) is 1.43. The zero-order valence-corrected chi connectivity index (χ0v) is 9.32. The molecule has 0 aliphatic carbocycles. The first-order valence-electron chi connectivity index (χ1n) is 5.06. The molecule has 0 bridgehead atoms. The summed E-state index contributed by atoms with van der Waals surface area (Å²) in [7, 11) is 0. The second-order valence-electron chi connectivity index (χ2n) is 4.91. The van der Waals surface area contributed by atoms with Crippen LogP contribution in [0.25, 0.3) is 0 Å². The summed E-state index contributed by atoms with van der Waals surface area (Å²) >= 11 is 0. The normalized spacial score (nSPS) is 16.5. The molecule has 2 rings (SSSR count). The van der Waals surface area contributed by atoms with E-state index < -0.39 is 0 Å². The second-order valence-corrected chi connectivity index (χ2v) is 4.91. The van der Waals surface area contributed by atoms with Gasteiger partial charge in [0.25, 0.3) is 0 Å². The van der Waals surface area contributed by atoms with Crippen LogP contribution in [-0.2, 0) is 10.2 Å². The molecular formula is C11H15N3O. The highest BCUT2D eigenvalue weighted by atomic mass is 16.1. The molecule has 0 saturated carbocycles. The Hall–Kier alpha value is -1.45.